The van der Waals surface area contributed by atoms with Gasteiger partial charge in [0.15, 0.2) is 0 Å². The quantitative estimate of drug-likeness (QED) is 0.593. The van der Waals surface area contributed by atoms with Crippen LogP contribution in [0.15, 0.2) is 10.7 Å². The van der Waals surface area contributed by atoms with E-state index in [4.69, 9.17) is 10.5 Å². The Morgan fingerprint density at radius 3 is 2.88 bits per heavy atom. The summed E-state index contributed by atoms with van der Waals surface area (Å²) in [7, 11) is 1.72. The number of ether oxygens (including phenoxy) is 1. The molecule has 0 atom stereocenters. The molecule has 90 valence electrons. The van der Waals surface area contributed by atoms with E-state index in [1.807, 2.05) is 0 Å². The minimum atomic E-state index is 0.462. The zero-order valence-electron chi connectivity index (χ0n) is 9.37. The first kappa shape index (κ1) is 13.2. The summed E-state index contributed by atoms with van der Waals surface area (Å²) in [5.74, 6) is 1.03. The number of nitrogens with zero attached hydrogens (tertiary/aromatic N) is 2. The van der Waals surface area contributed by atoms with Crippen LogP contribution in [0.1, 0.15) is 19.3 Å². The summed E-state index contributed by atoms with van der Waals surface area (Å²) in [6.45, 7) is 1.67. The third-order valence-corrected chi connectivity index (χ3v) is 2.43. The van der Waals surface area contributed by atoms with Gasteiger partial charge in [-0.25, -0.2) is 4.98 Å². The maximum Gasteiger partial charge on any atom is 0.225 e. The van der Waals surface area contributed by atoms with Crippen LogP contribution in [-0.2, 0) is 4.74 Å². The molecule has 0 saturated heterocycles. The van der Waals surface area contributed by atoms with E-state index < -0.39 is 0 Å². The maximum absolute atomic E-state index is 5.59. The monoisotopic (exact) mass is 288 g/mol. The Bertz CT molecular complexity index is 301. The van der Waals surface area contributed by atoms with Crippen LogP contribution < -0.4 is 11.1 Å². The van der Waals surface area contributed by atoms with Crippen molar-refractivity contribution in [2.45, 2.75) is 19.3 Å². The van der Waals surface area contributed by atoms with Gasteiger partial charge in [0.1, 0.15) is 10.4 Å². The molecule has 0 amide bonds. The number of hydrogen-bond donors (Lipinski definition) is 2. The van der Waals surface area contributed by atoms with Gasteiger partial charge in [-0.15, -0.1) is 0 Å². The molecule has 6 heteroatoms. The Labute approximate surface area is 104 Å². The number of methoxy groups -OCH3 is 1. The highest BCUT2D eigenvalue weighted by atomic mass is 79.9. The van der Waals surface area contributed by atoms with E-state index in [0.29, 0.717) is 16.4 Å². The molecule has 0 aliphatic heterocycles. The molecule has 0 bridgehead atoms. The number of unbranched alkanes of at least 4 members (excludes halogenated alkanes) is 2. The summed E-state index contributed by atoms with van der Waals surface area (Å²) < 4.78 is 5.67. The van der Waals surface area contributed by atoms with E-state index in [1.165, 1.54) is 0 Å². The van der Waals surface area contributed by atoms with E-state index in [1.54, 1.807) is 13.2 Å². The summed E-state index contributed by atoms with van der Waals surface area (Å²) in [6.07, 6.45) is 3.28. The second-order valence-corrected chi connectivity index (χ2v) is 4.23. The number of aromatic nitrogens is 2. The van der Waals surface area contributed by atoms with Crippen molar-refractivity contribution in [3.63, 3.8) is 0 Å². The highest BCUT2D eigenvalue weighted by Gasteiger charge is 1.99. The van der Waals surface area contributed by atoms with Crippen LogP contribution >= 0.6 is 15.9 Å². The molecule has 1 aromatic rings. The summed E-state index contributed by atoms with van der Waals surface area (Å²) in [5, 5.41) is 3.13. The van der Waals surface area contributed by atoms with Crippen LogP contribution in [0.4, 0.5) is 11.8 Å². The number of hydrogen-bond acceptors (Lipinski definition) is 5. The lowest BCUT2D eigenvalue weighted by atomic mass is 10.2. The number of nitrogens with two attached hydrogens (primary N) is 1. The second-order valence-electron chi connectivity index (χ2n) is 3.42. The molecule has 0 unspecified atom stereocenters. The molecule has 0 aromatic carbocycles. The third kappa shape index (κ3) is 5.27. The van der Waals surface area contributed by atoms with Gasteiger partial charge in [0, 0.05) is 26.3 Å². The molecule has 0 aliphatic rings. The van der Waals surface area contributed by atoms with Crippen molar-refractivity contribution in [3.8, 4) is 0 Å². The van der Waals surface area contributed by atoms with E-state index >= 15 is 0 Å². The highest BCUT2D eigenvalue weighted by molar-refractivity contribution is 9.10. The van der Waals surface area contributed by atoms with E-state index in [2.05, 4.69) is 31.2 Å². The Morgan fingerprint density at radius 2 is 2.19 bits per heavy atom. The van der Waals surface area contributed by atoms with Gasteiger partial charge < -0.3 is 15.8 Å². The molecule has 1 aromatic heterocycles. The van der Waals surface area contributed by atoms with Gasteiger partial charge in [-0.1, -0.05) is 0 Å². The SMILES string of the molecule is COCCCCCNc1nc(N)cc(Br)n1. The average Bonchev–Trinajstić information content (AvgIpc) is 2.22. The normalized spacial score (nSPS) is 10.4. The smallest absolute Gasteiger partial charge is 0.225 e. The molecule has 0 fully saturated rings. The third-order valence-electron chi connectivity index (χ3n) is 2.02. The lowest BCUT2D eigenvalue weighted by Gasteiger charge is -2.05. The number of nitrogen functional groups attached to an aromatic ring is 1. The van der Waals surface area contributed by atoms with Crippen molar-refractivity contribution in [3.05, 3.63) is 10.7 Å². The minimum Gasteiger partial charge on any atom is -0.385 e. The fourth-order valence-electron chi connectivity index (χ4n) is 1.26. The molecule has 5 nitrogen and oxygen atoms in total. The number of anilines is 2. The van der Waals surface area contributed by atoms with Crippen LogP contribution in [0.5, 0.6) is 0 Å². The van der Waals surface area contributed by atoms with E-state index in [9.17, 15) is 0 Å². The first-order valence-electron chi connectivity index (χ1n) is 5.25. The fraction of sp³-hybridized carbons (Fsp3) is 0.600. The lowest BCUT2D eigenvalue weighted by Crippen LogP contribution is -2.07. The molecule has 0 spiro atoms. The van der Waals surface area contributed by atoms with E-state index in [-0.39, 0.29) is 0 Å². The molecule has 16 heavy (non-hydrogen) atoms. The molecule has 0 saturated carbocycles. The maximum atomic E-state index is 5.59. The Balaban J connectivity index is 2.21. The number of nitrogens with one attached hydrogen (secondary N) is 1. The zero-order valence-corrected chi connectivity index (χ0v) is 11.0. The van der Waals surface area contributed by atoms with Crippen molar-refractivity contribution < 1.29 is 4.74 Å². The predicted molar refractivity (Wildman–Crippen MR) is 68.4 cm³/mol. The average molecular weight is 289 g/mol. The van der Waals surface area contributed by atoms with Crippen LogP contribution in [0.25, 0.3) is 0 Å². The van der Waals surface area contributed by atoms with Crippen LogP contribution in [0.2, 0.25) is 0 Å². The second kappa shape index (κ2) is 7.40. The molecule has 1 rings (SSSR count). The van der Waals surface area contributed by atoms with Crippen molar-refractivity contribution in [2.75, 3.05) is 31.3 Å². The van der Waals surface area contributed by atoms with Gasteiger partial charge >= 0.3 is 0 Å². The molecular formula is C10H17BrN4O. The Morgan fingerprint density at radius 1 is 1.38 bits per heavy atom. The molecule has 0 aliphatic carbocycles. The van der Waals surface area contributed by atoms with Crippen molar-refractivity contribution in [1.29, 1.82) is 0 Å². The van der Waals surface area contributed by atoms with Crippen molar-refractivity contribution in [1.82, 2.24) is 9.97 Å². The molecular weight excluding hydrogens is 272 g/mol. The largest absolute Gasteiger partial charge is 0.385 e. The standard InChI is InChI=1S/C10H17BrN4O/c1-16-6-4-2-3-5-13-10-14-8(11)7-9(12)15-10/h7H,2-6H2,1H3,(H3,12,13,14,15). The van der Waals surface area contributed by atoms with Gasteiger partial charge in [0.05, 0.1) is 0 Å². The minimum absolute atomic E-state index is 0.462. The highest BCUT2D eigenvalue weighted by Crippen LogP contribution is 2.12. The summed E-state index contributed by atoms with van der Waals surface area (Å²) in [4.78, 5) is 8.23. The molecule has 1 heterocycles. The predicted octanol–water partition coefficient (Wildman–Crippen LogP) is 2.05. The van der Waals surface area contributed by atoms with Crippen molar-refractivity contribution >= 4 is 27.7 Å². The van der Waals surface area contributed by atoms with Crippen LogP contribution in [0.3, 0.4) is 0 Å². The molecule has 0 radical (unpaired) electrons. The van der Waals surface area contributed by atoms with Crippen LogP contribution in [0, 0.1) is 0 Å². The van der Waals surface area contributed by atoms with Gasteiger partial charge in [-0.2, -0.15) is 4.98 Å². The number of halogens is 1. The van der Waals surface area contributed by atoms with Crippen LogP contribution in [-0.4, -0.2) is 30.2 Å². The van der Waals surface area contributed by atoms with Gasteiger partial charge in [-0.05, 0) is 35.2 Å². The van der Waals surface area contributed by atoms with Gasteiger partial charge in [0.25, 0.3) is 0 Å². The molecule has 3 N–H and O–H groups in total. The fourth-order valence-corrected chi connectivity index (χ4v) is 1.66. The van der Waals surface area contributed by atoms with Crippen molar-refractivity contribution in [2.24, 2.45) is 0 Å². The van der Waals surface area contributed by atoms with E-state index in [0.717, 1.165) is 32.4 Å². The van der Waals surface area contributed by atoms with Gasteiger partial charge in [0.2, 0.25) is 5.95 Å². The topological polar surface area (TPSA) is 73.1 Å². The number of rotatable bonds is 7. The first-order valence-corrected chi connectivity index (χ1v) is 6.04. The summed E-state index contributed by atoms with van der Waals surface area (Å²) in [6, 6.07) is 1.67. The first-order chi connectivity index (χ1) is 7.72. The Kier molecular flexibility index (Phi) is 6.10. The lowest BCUT2D eigenvalue weighted by molar-refractivity contribution is 0.192. The Hall–Kier alpha value is -0.880. The summed E-state index contributed by atoms with van der Waals surface area (Å²) >= 11 is 3.27. The van der Waals surface area contributed by atoms with Gasteiger partial charge in [-0.3, -0.25) is 0 Å². The zero-order chi connectivity index (χ0) is 11.8. The summed E-state index contributed by atoms with van der Waals surface area (Å²) in [5.41, 5.74) is 5.59.